The molecule has 1 aliphatic heterocycles. The molecule has 2 heterocycles. The first-order chi connectivity index (χ1) is 12.1. The van der Waals surface area contributed by atoms with Crippen LogP contribution in [0.4, 0.5) is 0 Å². The molecule has 1 atom stereocenters. The van der Waals surface area contributed by atoms with Crippen LogP contribution in [0.15, 0.2) is 36.5 Å². The van der Waals surface area contributed by atoms with E-state index in [1.165, 1.54) is 25.8 Å². The van der Waals surface area contributed by atoms with Gasteiger partial charge in [-0.05, 0) is 70.0 Å². The van der Waals surface area contributed by atoms with E-state index in [-0.39, 0.29) is 5.91 Å². The van der Waals surface area contributed by atoms with Gasteiger partial charge in [-0.1, -0.05) is 6.42 Å². The van der Waals surface area contributed by atoms with Gasteiger partial charge in [0.15, 0.2) is 0 Å². The highest BCUT2D eigenvalue weighted by atomic mass is 16.1. The zero-order valence-electron chi connectivity index (χ0n) is 15.2. The molecule has 0 aliphatic carbocycles. The Kier molecular flexibility index (Phi) is 5.87. The lowest BCUT2D eigenvalue weighted by atomic mass is 10.0. The summed E-state index contributed by atoms with van der Waals surface area (Å²) in [6, 6.07) is 10.2. The quantitative estimate of drug-likeness (QED) is 0.822. The smallest absolute Gasteiger partial charge is 0.251 e. The molecule has 0 saturated carbocycles. The van der Waals surface area contributed by atoms with Crippen molar-refractivity contribution in [3.63, 3.8) is 0 Å². The van der Waals surface area contributed by atoms with E-state index >= 15 is 0 Å². The Labute approximate surface area is 150 Å². The number of benzene rings is 1. The van der Waals surface area contributed by atoms with E-state index in [1.54, 1.807) is 6.20 Å². The number of rotatable bonds is 6. The van der Waals surface area contributed by atoms with Crippen molar-refractivity contribution in [2.75, 3.05) is 19.6 Å². The van der Waals surface area contributed by atoms with Gasteiger partial charge in [0.05, 0.1) is 5.69 Å². The van der Waals surface area contributed by atoms with Crippen LogP contribution in [0.2, 0.25) is 0 Å². The normalized spacial score (nSPS) is 18.2. The first kappa shape index (κ1) is 17.7. The number of amides is 1. The van der Waals surface area contributed by atoms with Gasteiger partial charge in [0, 0.05) is 36.6 Å². The number of aromatic nitrogens is 2. The average Bonchev–Trinajstić information content (AvgIpc) is 3.06. The summed E-state index contributed by atoms with van der Waals surface area (Å²) in [5, 5.41) is 7.31. The third kappa shape index (κ3) is 4.48. The van der Waals surface area contributed by atoms with Gasteiger partial charge in [-0.15, -0.1) is 0 Å². The van der Waals surface area contributed by atoms with Crippen molar-refractivity contribution in [2.45, 2.75) is 45.6 Å². The summed E-state index contributed by atoms with van der Waals surface area (Å²) in [6.45, 7) is 7.31. The first-order valence-corrected chi connectivity index (χ1v) is 9.28. The second-order valence-electron chi connectivity index (χ2n) is 6.92. The predicted molar refractivity (Wildman–Crippen MR) is 100 cm³/mol. The molecule has 2 aromatic rings. The maximum absolute atomic E-state index is 12.3. The molecule has 1 fully saturated rings. The number of carbonyl (C=O) groups is 1. The zero-order chi connectivity index (χ0) is 17.6. The van der Waals surface area contributed by atoms with Gasteiger partial charge in [0.1, 0.15) is 0 Å². The molecule has 1 aliphatic rings. The van der Waals surface area contributed by atoms with Crippen LogP contribution in [0.25, 0.3) is 5.69 Å². The Balaban J connectivity index is 1.46. The van der Waals surface area contributed by atoms with Gasteiger partial charge < -0.3 is 10.2 Å². The lowest BCUT2D eigenvalue weighted by Crippen LogP contribution is -2.39. The summed E-state index contributed by atoms with van der Waals surface area (Å²) in [7, 11) is 0. The molecule has 5 heteroatoms. The summed E-state index contributed by atoms with van der Waals surface area (Å²) < 4.78 is 1.86. The minimum atomic E-state index is -0.00423. The van der Waals surface area contributed by atoms with E-state index in [0.717, 1.165) is 30.9 Å². The Morgan fingerprint density at radius 1 is 1.24 bits per heavy atom. The predicted octanol–water partition coefficient (Wildman–Crippen LogP) is 3.18. The van der Waals surface area contributed by atoms with Crippen LogP contribution in [0.1, 0.15) is 48.7 Å². The topological polar surface area (TPSA) is 50.2 Å². The molecule has 0 unspecified atom stereocenters. The van der Waals surface area contributed by atoms with Gasteiger partial charge in [0.2, 0.25) is 0 Å². The van der Waals surface area contributed by atoms with Crippen LogP contribution >= 0.6 is 0 Å². The van der Waals surface area contributed by atoms with Crippen LogP contribution in [0.5, 0.6) is 0 Å². The summed E-state index contributed by atoms with van der Waals surface area (Å²) in [6.07, 6.45) is 6.73. The molecule has 134 valence electrons. The number of piperidine rings is 1. The number of aryl methyl sites for hydroxylation is 1. The van der Waals surface area contributed by atoms with Crippen LogP contribution in [0, 0.1) is 6.92 Å². The van der Waals surface area contributed by atoms with Gasteiger partial charge >= 0.3 is 0 Å². The number of hydrogen-bond donors (Lipinski definition) is 1. The summed E-state index contributed by atoms with van der Waals surface area (Å²) in [5.74, 6) is -0.00423. The summed E-state index contributed by atoms with van der Waals surface area (Å²) in [5.41, 5.74) is 2.74. The van der Waals surface area contributed by atoms with Crippen molar-refractivity contribution in [3.05, 3.63) is 47.8 Å². The van der Waals surface area contributed by atoms with Crippen LogP contribution in [0.3, 0.4) is 0 Å². The molecule has 1 N–H and O–H groups in total. The third-order valence-electron chi connectivity index (χ3n) is 5.05. The maximum atomic E-state index is 12.3. The fourth-order valence-electron chi connectivity index (χ4n) is 3.47. The van der Waals surface area contributed by atoms with E-state index in [1.807, 2.05) is 41.9 Å². The number of nitrogens with zero attached hydrogens (tertiary/aromatic N) is 3. The van der Waals surface area contributed by atoms with E-state index in [4.69, 9.17) is 0 Å². The van der Waals surface area contributed by atoms with Crippen molar-refractivity contribution >= 4 is 5.91 Å². The highest BCUT2D eigenvalue weighted by molar-refractivity contribution is 5.94. The number of carbonyl (C=O) groups excluding carboxylic acids is 1. The number of hydrogen-bond acceptors (Lipinski definition) is 3. The highest BCUT2D eigenvalue weighted by Crippen LogP contribution is 2.16. The second-order valence-corrected chi connectivity index (χ2v) is 6.92. The first-order valence-electron chi connectivity index (χ1n) is 9.28. The number of nitrogens with one attached hydrogen (secondary N) is 1. The maximum Gasteiger partial charge on any atom is 0.251 e. The van der Waals surface area contributed by atoms with Crippen molar-refractivity contribution in [1.29, 1.82) is 0 Å². The largest absolute Gasteiger partial charge is 0.352 e. The molecular formula is C20H28N4O. The van der Waals surface area contributed by atoms with Crippen LogP contribution in [-0.2, 0) is 0 Å². The Morgan fingerprint density at radius 3 is 2.72 bits per heavy atom. The molecule has 25 heavy (non-hydrogen) atoms. The molecule has 5 nitrogen and oxygen atoms in total. The van der Waals surface area contributed by atoms with Crippen molar-refractivity contribution in [2.24, 2.45) is 0 Å². The van der Waals surface area contributed by atoms with Gasteiger partial charge in [-0.3, -0.25) is 4.79 Å². The van der Waals surface area contributed by atoms with Crippen molar-refractivity contribution in [1.82, 2.24) is 20.0 Å². The van der Waals surface area contributed by atoms with E-state index in [2.05, 4.69) is 22.2 Å². The fraction of sp³-hybridized carbons (Fsp3) is 0.500. The Bertz CT molecular complexity index is 692. The SMILES string of the molecule is Cc1ccnn1-c1ccc(C(=O)NCCCN2CCCC[C@@H]2C)cc1. The fourth-order valence-corrected chi connectivity index (χ4v) is 3.47. The number of likely N-dealkylation sites (tertiary alicyclic amines) is 1. The standard InChI is InChI=1S/C20H28N4O/c1-16-6-3-4-14-23(16)15-5-12-21-20(25)18-7-9-19(10-8-18)24-17(2)11-13-22-24/h7-11,13,16H,3-6,12,14-15H2,1-2H3,(H,21,25)/t16-/m0/s1. The molecule has 3 rings (SSSR count). The summed E-state index contributed by atoms with van der Waals surface area (Å²) in [4.78, 5) is 14.8. The van der Waals surface area contributed by atoms with Gasteiger partial charge in [-0.2, -0.15) is 5.10 Å². The molecule has 1 amide bonds. The minimum absolute atomic E-state index is 0.00423. The van der Waals surface area contributed by atoms with E-state index in [0.29, 0.717) is 11.6 Å². The van der Waals surface area contributed by atoms with E-state index in [9.17, 15) is 4.79 Å². The zero-order valence-corrected chi connectivity index (χ0v) is 15.2. The second kappa shape index (κ2) is 8.30. The molecular weight excluding hydrogens is 312 g/mol. The highest BCUT2D eigenvalue weighted by Gasteiger charge is 2.17. The lowest BCUT2D eigenvalue weighted by Gasteiger charge is -2.33. The third-order valence-corrected chi connectivity index (χ3v) is 5.05. The van der Waals surface area contributed by atoms with Crippen molar-refractivity contribution in [3.8, 4) is 5.69 Å². The molecule has 0 radical (unpaired) electrons. The van der Waals surface area contributed by atoms with Gasteiger partial charge in [-0.25, -0.2) is 4.68 Å². The minimum Gasteiger partial charge on any atom is -0.352 e. The van der Waals surface area contributed by atoms with E-state index < -0.39 is 0 Å². The molecule has 0 bridgehead atoms. The average molecular weight is 340 g/mol. The Hall–Kier alpha value is -2.14. The summed E-state index contributed by atoms with van der Waals surface area (Å²) >= 11 is 0. The molecule has 1 saturated heterocycles. The van der Waals surface area contributed by atoms with Crippen molar-refractivity contribution < 1.29 is 4.79 Å². The molecule has 1 aromatic heterocycles. The Morgan fingerprint density at radius 2 is 2.04 bits per heavy atom. The lowest BCUT2D eigenvalue weighted by molar-refractivity contribution is 0.0949. The molecule has 1 aromatic carbocycles. The van der Waals surface area contributed by atoms with Gasteiger partial charge in [0.25, 0.3) is 5.91 Å². The monoisotopic (exact) mass is 340 g/mol. The van der Waals surface area contributed by atoms with Crippen LogP contribution in [-0.4, -0.2) is 46.3 Å². The molecule has 0 spiro atoms. The van der Waals surface area contributed by atoms with Crippen LogP contribution < -0.4 is 5.32 Å².